The molecule has 0 aromatic carbocycles. The number of nitrogen functional groups attached to an aromatic ring is 1. The van der Waals surface area contributed by atoms with Gasteiger partial charge in [0.15, 0.2) is 6.39 Å². The molecule has 1 aliphatic heterocycles. The normalized spacial score (nSPS) is 26.6. The van der Waals surface area contributed by atoms with Gasteiger partial charge in [0, 0.05) is 18.8 Å². The van der Waals surface area contributed by atoms with Gasteiger partial charge in [-0.2, -0.15) is 13.8 Å². The van der Waals surface area contributed by atoms with Crippen molar-refractivity contribution in [3.63, 3.8) is 0 Å². The van der Waals surface area contributed by atoms with Crippen LogP contribution in [0.4, 0.5) is 14.6 Å². The second kappa shape index (κ2) is 6.50. The van der Waals surface area contributed by atoms with Crippen molar-refractivity contribution in [2.24, 2.45) is 0 Å². The Kier molecular flexibility index (Phi) is 4.54. The maximum atomic E-state index is 14.4. The van der Waals surface area contributed by atoms with Crippen LogP contribution >= 0.6 is 0 Å². The van der Waals surface area contributed by atoms with Gasteiger partial charge in [-0.3, -0.25) is 4.57 Å². The fourth-order valence-electron chi connectivity index (χ4n) is 2.57. The highest BCUT2D eigenvalue weighted by Gasteiger charge is 2.59. The molecule has 1 saturated heterocycles. The highest BCUT2D eigenvalue weighted by molar-refractivity contribution is 5.23. The molecule has 3 rings (SSSR count). The SMILES string of the molecule is CC(NC[C@H]1O[C@@H](n2ccc(N)nc2=O)C(F)(F)[C@@H]1O)c1cocn1. The number of nitrogens with one attached hydrogen (secondary N) is 1. The van der Waals surface area contributed by atoms with Crippen molar-refractivity contribution in [3.05, 3.63) is 41.1 Å². The minimum atomic E-state index is -3.68. The first-order valence-electron chi connectivity index (χ1n) is 7.48. The van der Waals surface area contributed by atoms with Crippen LogP contribution in [0.15, 0.2) is 34.1 Å². The van der Waals surface area contributed by atoms with Gasteiger partial charge in [0.2, 0.25) is 6.23 Å². The fourth-order valence-corrected chi connectivity index (χ4v) is 2.57. The van der Waals surface area contributed by atoms with Gasteiger partial charge in [0.05, 0.1) is 5.69 Å². The average Bonchev–Trinajstić information content (AvgIpc) is 3.15. The van der Waals surface area contributed by atoms with Crippen LogP contribution < -0.4 is 16.7 Å². The molecule has 0 amide bonds. The second-order valence-electron chi connectivity index (χ2n) is 5.73. The summed E-state index contributed by atoms with van der Waals surface area (Å²) < 4.78 is 39.4. The number of anilines is 1. The van der Waals surface area contributed by atoms with Gasteiger partial charge in [-0.1, -0.05) is 0 Å². The number of oxazole rings is 1. The van der Waals surface area contributed by atoms with Gasteiger partial charge in [0.1, 0.15) is 24.3 Å². The zero-order valence-electron chi connectivity index (χ0n) is 13.2. The van der Waals surface area contributed by atoms with Crippen LogP contribution in [0.3, 0.4) is 0 Å². The summed E-state index contributed by atoms with van der Waals surface area (Å²) in [6.45, 7) is 1.67. The maximum absolute atomic E-state index is 14.4. The summed E-state index contributed by atoms with van der Waals surface area (Å²) in [4.78, 5) is 19.1. The fraction of sp³-hybridized carbons (Fsp3) is 0.500. The Morgan fingerprint density at radius 1 is 1.56 bits per heavy atom. The lowest BCUT2D eigenvalue weighted by Crippen LogP contribution is -2.43. The number of nitrogens with two attached hydrogens (primary N) is 1. The Morgan fingerprint density at radius 3 is 2.96 bits per heavy atom. The Balaban J connectivity index is 1.74. The number of aliphatic hydroxyl groups is 1. The minimum Gasteiger partial charge on any atom is -0.451 e. The summed E-state index contributed by atoms with van der Waals surface area (Å²) >= 11 is 0. The van der Waals surface area contributed by atoms with E-state index in [-0.39, 0.29) is 18.4 Å². The van der Waals surface area contributed by atoms with Crippen molar-refractivity contribution >= 4 is 5.82 Å². The number of nitrogens with zero attached hydrogens (tertiary/aromatic N) is 3. The van der Waals surface area contributed by atoms with Gasteiger partial charge < -0.3 is 25.3 Å². The average molecular weight is 357 g/mol. The van der Waals surface area contributed by atoms with Crippen LogP contribution in [-0.2, 0) is 4.74 Å². The van der Waals surface area contributed by atoms with Crippen LogP contribution in [0.5, 0.6) is 0 Å². The van der Waals surface area contributed by atoms with E-state index < -0.39 is 30.0 Å². The van der Waals surface area contributed by atoms with Crippen molar-refractivity contribution in [2.75, 3.05) is 12.3 Å². The molecule has 9 nitrogen and oxygen atoms in total. The van der Waals surface area contributed by atoms with Crippen molar-refractivity contribution in [3.8, 4) is 0 Å². The second-order valence-corrected chi connectivity index (χ2v) is 5.73. The molecule has 4 atom stereocenters. The van der Waals surface area contributed by atoms with Gasteiger partial charge in [-0.15, -0.1) is 0 Å². The maximum Gasteiger partial charge on any atom is 0.351 e. The molecule has 2 aromatic rings. The molecular formula is C14H17F2N5O4. The van der Waals surface area contributed by atoms with Gasteiger partial charge >= 0.3 is 11.6 Å². The number of hydrogen-bond acceptors (Lipinski definition) is 8. The van der Waals surface area contributed by atoms with Crippen LogP contribution in [0.1, 0.15) is 24.9 Å². The Hall–Kier alpha value is -2.37. The van der Waals surface area contributed by atoms with E-state index in [9.17, 15) is 18.7 Å². The molecule has 11 heteroatoms. The van der Waals surface area contributed by atoms with E-state index in [4.69, 9.17) is 14.9 Å². The third kappa shape index (κ3) is 3.25. The molecule has 2 aromatic heterocycles. The van der Waals surface area contributed by atoms with Gasteiger partial charge in [-0.25, -0.2) is 9.78 Å². The molecule has 4 N–H and O–H groups in total. The largest absolute Gasteiger partial charge is 0.451 e. The van der Waals surface area contributed by atoms with E-state index in [1.807, 2.05) is 0 Å². The molecule has 1 unspecified atom stereocenters. The standard InChI is InChI=1S/C14H17F2N5O4/c1-7(8-5-24-6-19-8)18-4-9-11(22)14(15,16)12(25-9)21-3-2-10(17)20-13(21)23/h2-3,5-7,9,11-12,18,22H,4H2,1H3,(H2,17,20,23)/t7?,9-,11-,12-/m1/s1. The summed E-state index contributed by atoms with van der Waals surface area (Å²) in [5, 5.41) is 12.9. The van der Waals surface area contributed by atoms with Crippen LogP contribution in [-0.4, -0.2) is 44.3 Å². The number of hydrogen-bond donors (Lipinski definition) is 3. The van der Waals surface area contributed by atoms with E-state index >= 15 is 0 Å². The lowest BCUT2D eigenvalue weighted by atomic mass is 10.1. The highest BCUT2D eigenvalue weighted by atomic mass is 19.3. The van der Waals surface area contributed by atoms with Gasteiger partial charge in [-0.05, 0) is 13.0 Å². The summed E-state index contributed by atoms with van der Waals surface area (Å²) in [7, 11) is 0. The van der Waals surface area contributed by atoms with Crippen LogP contribution in [0.2, 0.25) is 0 Å². The minimum absolute atomic E-state index is 0.0849. The van der Waals surface area contributed by atoms with Crippen molar-refractivity contribution in [1.29, 1.82) is 0 Å². The molecular weight excluding hydrogens is 340 g/mol. The van der Waals surface area contributed by atoms with Crippen molar-refractivity contribution < 1.29 is 23.0 Å². The van der Waals surface area contributed by atoms with Crippen molar-refractivity contribution in [2.45, 2.75) is 37.3 Å². The molecule has 25 heavy (non-hydrogen) atoms. The third-order valence-corrected chi connectivity index (χ3v) is 4.00. The van der Waals surface area contributed by atoms with Gasteiger partial charge in [0.25, 0.3) is 0 Å². The Bertz CT molecular complexity index is 782. The number of aliphatic hydroxyl groups excluding tert-OH is 1. The monoisotopic (exact) mass is 357 g/mol. The summed E-state index contributed by atoms with van der Waals surface area (Å²) in [6.07, 6.45) is -1.58. The van der Waals surface area contributed by atoms with E-state index in [0.717, 1.165) is 6.20 Å². The van der Waals surface area contributed by atoms with E-state index in [0.29, 0.717) is 10.3 Å². The molecule has 0 spiro atoms. The molecule has 0 radical (unpaired) electrons. The quantitative estimate of drug-likeness (QED) is 0.685. The zero-order chi connectivity index (χ0) is 18.2. The molecule has 3 heterocycles. The number of rotatable bonds is 5. The third-order valence-electron chi connectivity index (χ3n) is 4.00. The molecule has 0 saturated carbocycles. The van der Waals surface area contributed by atoms with E-state index in [1.54, 1.807) is 6.92 Å². The highest BCUT2D eigenvalue weighted by Crippen LogP contribution is 2.42. The van der Waals surface area contributed by atoms with Crippen LogP contribution in [0, 0.1) is 0 Å². The molecule has 1 fully saturated rings. The predicted octanol–water partition coefficient (Wildman–Crippen LogP) is 0.0579. The Labute approximate surface area is 140 Å². The first kappa shape index (κ1) is 17.5. The topological polar surface area (TPSA) is 128 Å². The lowest BCUT2D eigenvalue weighted by Gasteiger charge is -2.20. The molecule has 1 aliphatic rings. The molecule has 0 aliphatic carbocycles. The zero-order valence-corrected chi connectivity index (χ0v) is 13.2. The summed E-state index contributed by atoms with van der Waals surface area (Å²) in [5.74, 6) is -3.77. The first-order valence-corrected chi connectivity index (χ1v) is 7.48. The number of alkyl halides is 2. The van der Waals surface area contributed by atoms with Crippen LogP contribution in [0.25, 0.3) is 0 Å². The Morgan fingerprint density at radius 2 is 2.32 bits per heavy atom. The number of aromatic nitrogens is 3. The van der Waals surface area contributed by atoms with E-state index in [1.165, 1.54) is 18.7 Å². The summed E-state index contributed by atoms with van der Waals surface area (Å²) in [5.41, 5.74) is 4.94. The van der Waals surface area contributed by atoms with Crippen molar-refractivity contribution in [1.82, 2.24) is 19.9 Å². The first-order chi connectivity index (χ1) is 11.8. The molecule has 0 bridgehead atoms. The predicted molar refractivity (Wildman–Crippen MR) is 80.7 cm³/mol. The number of ether oxygens (including phenoxy) is 1. The lowest BCUT2D eigenvalue weighted by molar-refractivity contribution is -0.140. The smallest absolute Gasteiger partial charge is 0.351 e. The van der Waals surface area contributed by atoms with E-state index in [2.05, 4.69) is 15.3 Å². The summed E-state index contributed by atoms with van der Waals surface area (Å²) in [6, 6.07) is 0.897. The number of halogens is 2. The molecule has 136 valence electrons.